The van der Waals surface area contributed by atoms with E-state index < -0.39 is 0 Å². The lowest BCUT2D eigenvalue weighted by atomic mass is 9.98. The molecule has 2 aromatic rings. The smallest absolute Gasteiger partial charge is 0.407 e. The molecule has 1 amide bonds. The molecule has 3 rings (SSSR count). The number of aliphatic hydroxyl groups excluding tert-OH is 1. The maximum absolute atomic E-state index is 12.0. The van der Waals surface area contributed by atoms with Gasteiger partial charge in [-0.25, -0.2) is 4.79 Å². The number of hydrogen-bond donors (Lipinski definition) is 2. The molecule has 2 N–H and O–H groups in total. The fraction of sp³-hybridized carbons (Fsp3) is 0.409. The Kier molecular flexibility index (Phi) is 6.29. The number of fused-ring (bicyclic) bond motifs is 3. The van der Waals surface area contributed by atoms with Crippen LogP contribution in [0.4, 0.5) is 4.79 Å². The van der Waals surface area contributed by atoms with E-state index in [0.717, 1.165) is 25.7 Å². The average molecular weight is 353 g/mol. The first-order chi connectivity index (χ1) is 12.7. The van der Waals surface area contributed by atoms with Crippen molar-refractivity contribution >= 4 is 6.09 Å². The summed E-state index contributed by atoms with van der Waals surface area (Å²) in [7, 11) is 0. The zero-order chi connectivity index (χ0) is 18.4. The van der Waals surface area contributed by atoms with Crippen LogP contribution >= 0.6 is 0 Å². The van der Waals surface area contributed by atoms with Crippen LogP contribution in [-0.2, 0) is 4.74 Å². The molecule has 0 aromatic heterocycles. The van der Waals surface area contributed by atoms with Crippen molar-refractivity contribution in [2.24, 2.45) is 0 Å². The van der Waals surface area contributed by atoms with Crippen molar-refractivity contribution in [1.82, 2.24) is 5.32 Å². The first-order valence-corrected chi connectivity index (χ1v) is 9.47. The molecule has 4 nitrogen and oxygen atoms in total. The van der Waals surface area contributed by atoms with E-state index in [2.05, 4.69) is 29.6 Å². The highest BCUT2D eigenvalue weighted by atomic mass is 16.5. The third-order valence-corrected chi connectivity index (χ3v) is 5.05. The van der Waals surface area contributed by atoms with Crippen molar-refractivity contribution in [1.29, 1.82) is 0 Å². The van der Waals surface area contributed by atoms with E-state index in [0.29, 0.717) is 13.2 Å². The summed E-state index contributed by atoms with van der Waals surface area (Å²) in [6.07, 6.45) is 2.70. The molecular weight excluding hydrogens is 326 g/mol. The first kappa shape index (κ1) is 18.5. The van der Waals surface area contributed by atoms with E-state index in [9.17, 15) is 9.90 Å². The van der Waals surface area contributed by atoms with Gasteiger partial charge in [0.05, 0.1) is 6.10 Å². The SMILES string of the molecule is CC[C@@H](O)CCCCNC(=O)OCC1c2ccccc2-c2ccccc21. The highest BCUT2D eigenvalue weighted by Gasteiger charge is 2.28. The normalized spacial score (nSPS) is 13.8. The molecule has 1 aliphatic carbocycles. The molecule has 0 saturated heterocycles. The van der Waals surface area contributed by atoms with Gasteiger partial charge in [-0.1, -0.05) is 55.5 Å². The predicted molar refractivity (Wildman–Crippen MR) is 103 cm³/mol. The fourth-order valence-corrected chi connectivity index (χ4v) is 3.55. The number of hydrogen-bond acceptors (Lipinski definition) is 3. The van der Waals surface area contributed by atoms with Crippen LogP contribution in [0.5, 0.6) is 0 Å². The van der Waals surface area contributed by atoms with Crippen LogP contribution in [0, 0.1) is 0 Å². The van der Waals surface area contributed by atoms with E-state index in [1.165, 1.54) is 22.3 Å². The van der Waals surface area contributed by atoms with Crippen molar-refractivity contribution in [3.63, 3.8) is 0 Å². The third-order valence-electron chi connectivity index (χ3n) is 5.05. The largest absolute Gasteiger partial charge is 0.449 e. The number of aliphatic hydroxyl groups is 1. The lowest BCUT2D eigenvalue weighted by Crippen LogP contribution is -2.27. The summed E-state index contributed by atoms with van der Waals surface area (Å²) >= 11 is 0. The molecule has 0 spiro atoms. The molecule has 1 aliphatic rings. The molecule has 138 valence electrons. The van der Waals surface area contributed by atoms with Crippen LogP contribution < -0.4 is 5.32 Å². The van der Waals surface area contributed by atoms with E-state index in [1.54, 1.807) is 0 Å². The number of carbonyl (C=O) groups is 1. The van der Waals surface area contributed by atoms with Gasteiger partial charge in [-0.15, -0.1) is 0 Å². The zero-order valence-electron chi connectivity index (χ0n) is 15.3. The van der Waals surface area contributed by atoms with Crippen LogP contribution in [0.3, 0.4) is 0 Å². The van der Waals surface area contributed by atoms with Crippen molar-refractivity contribution in [2.45, 2.75) is 44.6 Å². The number of alkyl carbamates (subject to hydrolysis) is 1. The molecule has 0 radical (unpaired) electrons. The maximum Gasteiger partial charge on any atom is 0.407 e. The summed E-state index contributed by atoms with van der Waals surface area (Å²) in [5.41, 5.74) is 4.89. The molecule has 4 heteroatoms. The van der Waals surface area contributed by atoms with Gasteiger partial charge in [0.2, 0.25) is 0 Å². The predicted octanol–water partition coefficient (Wildman–Crippen LogP) is 4.47. The molecule has 0 fully saturated rings. The summed E-state index contributed by atoms with van der Waals surface area (Å²) in [5.74, 6) is 0.0906. The standard InChI is InChI=1S/C22H27NO3/c1-2-16(24)9-7-8-14-23-22(25)26-15-21-19-12-5-3-10-17(19)18-11-4-6-13-20(18)21/h3-6,10-13,16,21,24H,2,7-9,14-15H2,1H3,(H,23,25)/t16-/m1/s1. The minimum atomic E-state index is -0.372. The summed E-state index contributed by atoms with van der Waals surface area (Å²) in [4.78, 5) is 12.0. The minimum Gasteiger partial charge on any atom is -0.449 e. The number of unbranched alkanes of at least 4 members (excludes halogenated alkanes) is 1. The van der Waals surface area contributed by atoms with E-state index in [4.69, 9.17) is 4.74 Å². The topological polar surface area (TPSA) is 58.6 Å². The molecule has 2 aromatic carbocycles. The van der Waals surface area contributed by atoms with Crippen LogP contribution in [-0.4, -0.2) is 30.5 Å². The number of nitrogens with one attached hydrogen (secondary N) is 1. The van der Waals surface area contributed by atoms with E-state index in [1.807, 2.05) is 31.2 Å². The molecule has 26 heavy (non-hydrogen) atoms. The van der Waals surface area contributed by atoms with Crippen LogP contribution in [0.15, 0.2) is 48.5 Å². The summed E-state index contributed by atoms with van der Waals surface area (Å²) in [6, 6.07) is 16.6. The summed E-state index contributed by atoms with van der Waals surface area (Å²) in [6.45, 7) is 2.89. The Labute approximate surface area is 155 Å². The van der Waals surface area contributed by atoms with Crippen LogP contribution in [0.2, 0.25) is 0 Å². The van der Waals surface area contributed by atoms with Gasteiger partial charge in [0.25, 0.3) is 0 Å². The van der Waals surface area contributed by atoms with Gasteiger partial charge in [-0.2, -0.15) is 0 Å². The minimum absolute atomic E-state index is 0.0906. The highest BCUT2D eigenvalue weighted by Crippen LogP contribution is 2.44. The molecule has 1 atom stereocenters. The second-order valence-electron chi connectivity index (χ2n) is 6.81. The number of ether oxygens (including phenoxy) is 1. The number of carbonyl (C=O) groups excluding carboxylic acids is 1. The number of benzene rings is 2. The second kappa shape index (κ2) is 8.86. The Morgan fingerprint density at radius 3 is 2.31 bits per heavy atom. The molecule has 0 saturated carbocycles. The molecular formula is C22H27NO3. The van der Waals surface area contributed by atoms with Crippen LogP contribution in [0.25, 0.3) is 11.1 Å². The number of rotatable bonds is 8. The quantitative estimate of drug-likeness (QED) is 0.689. The van der Waals surface area contributed by atoms with Gasteiger partial charge < -0.3 is 15.2 Å². The van der Waals surface area contributed by atoms with Gasteiger partial charge in [0, 0.05) is 12.5 Å². The van der Waals surface area contributed by atoms with Crippen molar-refractivity contribution in [3.8, 4) is 11.1 Å². The van der Waals surface area contributed by atoms with E-state index in [-0.39, 0.29) is 18.1 Å². The van der Waals surface area contributed by atoms with Gasteiger partial charge in [-0.3, -0.25) is 0 Å². The molecule has 0 unspecified atom stereocenters. The lowest BCUT2D eigenvalue weighted by molar-refractivity contribution is 0.142. The average Bonchev–Trinajstić information content (AvgIpc) is 3.00. The Bertz CT molecular complexity index is 698. The molecule has 0 heterocycles. The Morgan fingerprint density at radius 2 is 1.69 bits per heavy atom. The monoisotopic (exact) mass is 353 g/mol. The zero-order valence-corrected chi connectivity index (χ0v) is 15.3. The fourth-order valence-electron chi connectivity index (χ4n) is 3.55. The van der Waals surface area contributed by atoms with Gasteiger partial charge >= 0.3 is 6.09 Å². The Balaban J connectivity index is 1.50. The van der Waals surface area contributed by atoms with Crippen molar-refractivity contribution < 1.29 is 14.6 Å². The maximum atomic E-state index is 12.0. The highest BCUT2D eigenvalue weighted by molar-refractivity contribution is 5.79. The lowest BCUT2D eigenvalue weighted by Gasteiger charge is -2.14. The second-order valence-corrected chi connectivity index (χ2v) is 6.81. The van der Waals surface area contributed by atoms with E-state index >= 15 is 0 Å². The van der Waals surface area contributed by atoms with Gasteiger partial charge in [0.15, 0.2) is 0 Å². The Hall–Kier alpha value is -2.33. The van der Waals surface area contributed by atoms with Crippen molar-refractivity contribution in [3.05, 3.63) is 59.7 Å². The van der Waals surface area contributed by atoms with Crippen LogP contribution in [0.1, 0.15) is 49.7 Å². The summed E-state index contributed by atoms with van der Waals surface area (Å²) < 4.78 is 5.49. The third kappa shape index (κ3) is 4.25. The van der Waals surface area contributed by atoms with Gasteiger partial charge in [-0.05, 0) is 47.9 Å². The summed E-state index contributed by atoms with van der Waals surface area (Å²) in [5, 5.41) is 12.3. The number of amides is 1. The molecule has 0 aliphatic heterocycles. The first-order valence-electron chi connectivity index (χ1n) is 9.47. The molecule has 0 bridgehead atoms. The Morgan fingerprint density at radius 1 is 1.08 bits per heavy atom. The van der Waals surface area contributed by atoms with Crippen molar-refractivity contribution in [2.75, 3.05) is 13.2 Å². The van der Waals surface area contributed by atoms with Gasteiger partial charge in [0.1, 0.15) is 6.61 Å².